The van der Waals surface area contributed by atoms with E-state index in [0.29, 0.717) is 18.0 Å². The van der Waals surface area contributed by atoms with Gasteiger partial charge in [0.25, 0.3) is 0 Å². The monoisotopic (exact) mass is 424 g/mol. The summed E-state index contributed by atoms with van der Waals surface area (Å²) in [6.07, 6.45) is 3.97. The van der Waals surface area contributed by atoms with Crippen LogP contribution in [0.4, 0.5) is 0 Å². The number of sulfonamides is 1. The number of hydrogen-bond acceptors (Lipinski definition) is 4. The van der Waals surface area contributed by atoms with E-state index >= 15 is 0 Å². The highest BCUT2D eigenvalue weighted by molar-refractivity contribution is 7.89. The number of hydrogen-bond donors (Lipinski definition) is 1. The molecule has 7 nitrogen and oxygen atoms in total. The van der Waals surface area contributed by atoms with Crippen LogP contribution in [-0.4, -0.2) is 50.0 Å². The minimum Gasteiger partial charge on any atom is -0.355 e. The van der Waals surface area contributed by atoms with Gasteiger partial charge in [-0.25, -0.2) is 8.42 Å². The zero-order chi connectivity index (χ0) is 20.3. The van der Waals surface area contributed by atoms with Crippen molar-refractivity contribution in [2.45, 2.75) is 36.7 Å². The highest BCUT2D eigenvalue weighted by Gasteiger charge is 2.37. The number of carbonyl (C=O) groups excluding carboxylic acids is 1. The molecule has 3 rings (SSSR count). The van der Waals surface area contributed by atoms with Gasteiger partial charge in [-0.2, -0.15) is 4.31 Å². The number of amides is 1. The van der Waals surface area contributed by atoms with Crippen molar-refractivity contribution in [3.05, 3.63) is 53.3 Å². The molecule has 0 radical (unpaired) electrons. The molecule has 1 unspecified atom stereocenters. The molecule has 2 aromatic rings. The van der Waals surface area contributed by atoms with Crippen LogP contribution in [0.15, 0.2) is 47.5 Å². The Labute approximate surface area is 170 Å². The van der Waals surface area contributed by atoms with Gasteiger partial charge in [-0.05, 0) is 55.7 Å². The van der Waals surface area contributed by atoms with Crippen molar-refractivity contribution in [1.29, 1.82) is 0 Å². The van der Waals surface area contributed by atoms with Gasteiger partial charge in [0.15, 0.2) is 0 Å². The van der Waals surface area contributed by atoms with Crippen molar-refractivity contribution in [1.82, 2.24) is 14.3 Å². The van der Waals surface area contributed by atoms with E-state index in [4.69, 9.17) is 11.6 Å². The standard InChI is InChI=1S/C19H25ClN4O3S/c1-22(2)23-13-5-6-16(23)14-24(18-7-3-4-12-21-19(18)25)28(26,27)17-10-8-15(20)9-11-17/h5-6,8-11,13,18H,3-4,7,12,14H2,1-2H3,(H,21,25). The van der Waals surface area contributed by atoms with Crippen molar-refractivity contribution in [3.63, 3.8) is 0 Å². The van der Waals surface area contributed by atoms with Crippen molar-refractivity contribution >= 4 is 27.5 Å². The fourth-order valence-corrected chi connectivity index (χ4v) is 5.10. The second kappa shape index (κ2) is 8.55. The molecule has 0 aliphatic carbocycles. The summed E-state index contributed by atoms with van der Waals surface area (Å²) in [6.45, 7) is 0.659. The maximum atomic E-state index is 13.5. The molecule has 1 atom stereocenters. The van der Waals surface area contributed by atoms with Crippen LogP contribution in [0.1, 0.15) is 25.0 Å². The summed E-state index contributed by atoms with van der Waals surface area (Å²) in [6, 6.07) is 9.00. The molecule has 0 spiro atoms. The minimum absolute atomic E-state index is 0.0915. The Kier molecular flexibility index (Phi) is 6.32. The smallest absolute Gasteiger partial charge is 0.244 e. The molecule has 1 amide bonds. The van der Waals surface area contributed by atoms with E-state index < -0.39 is 16.1 Å². The molecule has 1 aliphatic heterocycles. The van der Waals surface area contributed by atoms with Crippen LogP contribution in [0.2, 0.25) is 5.02 Å². The van der Waals surface area contributed by atoms with Crippen LogP contribution in [0.3, 0.4) is 0 Å². The second-order valence-electron chi connectivity index (χ2n) is 7.00. The molecular formula is C19H25ClN4O3S. The van der Waals surface area contributed by atoms with E-state index in [2.05, 4.69) is 5.32 Å². The maximum Gasteiger partial charge on any atom is 0.244 e. The van der Waals surface area contributed by atoms with E-state index in [-0.39, 0.29) is 17.3 Å². The number of nitrogens with zero attached hydrogens (tertiary/aromatic N) is 3. The lowest BCUT2D eigenvalue weighted by atomic mass is 10.1. The lowest BCUT2D eigenvalue weighted by molar-refractivity contribution is -0.124. The van der Waals surface area contributed by atoms with Gasteiger partial charge < -0.3 is 10.3 Å². The predicted molar refractivity (Wildman–Crippen MR) is 109 cm³/mol. The Morgan fingerprint density at radius 1 is 1.18 bits per heavy atom. The third kappa shape index (κ3) is 4.34. The molecule has 152 valence electrons. The van der Waals surface area contributed by atoms with Gasteiger partial charge in [0, 0.05) is 31.9 Å². The average molecular weight is 425 g/mol. The summed E-state index contributed by atoms with van der Waals surface area (Å²) >= 11 is 5.92. The van der Waals surface area contributed by atoms with Crippen molar-refractivity contribution < 1.29 is 13.2 Å². The van der Waals surface area contributed by atoms with Crippen molar-refractivity contribution in [3.8, 4) is 0 Å². The number of halogens is 1. The Morgan fingerprint density at radius 3 is 2.57 bits per heavy atom. The predicted octanol–water partition coefficient (Wildman–Crippen LogP) is 2.20. The fraction of sp³-hybridized carbons (Fsp3) is 0.421. The Balaban J connectivity index is 2.04. The lowest BCUT2D eigenvalue weighted by Crippen LogP contribution is -2.48. The molecule has 1 N–H and O–H groups in total. The summed E-state index contributed by atoms with van der Waals surface area (Å²) < 4.78 is 30.1. The molecule has 1 aromatic carbocycles. The zero-order valence-electron chi connectivity index (χ0n) is 16.0. The Hall–Kier alpha value is -2.03. The van der Waals surface area contributed by atoms with Crippen LogP contribution in [-0.2, 0) is 21.4 Å². The molecule has 1 fully saturated rings. The lowest BCUT2D eigenvalue weighted by Gasteiger charge is -2.30. The van der Waals surface area contributed by atoms with E-state index in [1.165, 1.54) is 16.4 Å². The van der Waals surface area contributed by atoms with Gasteiger partial charge in [-0.1, -0.05) is 11.6 Å². The first-order valence-electron chi connectivity index (χ1n) is 9.19. The third-order valence-electron chi connectivity index (χ3n) is 4.83. The molecule has 1 saturated heterocycles. The molecular weight excluding hydrogens is 400 g/mol. The van der Waals surface area contributed by atoms with Gasteiger partial charge in [0.05, 0.1) is 17.1 Å². The largest absolute Gasteiger partial charge is 0.355 e. The van der Waals surface area contributed by atoms with E-state index in [9.17, 15) is 13.2 Å². The SMILES string of the molecule is CN(C)n1cccc1CN(C1CCCCNC1=O)S(=O)(=O)c1ccc(Cl)cc1. The topological polar surface area (TPSA) is 74.7 Å². The van der Waals surface area contributed by atoms with Crippen molar-refractivity contribution in [2.24, 2.45) is 0 Å². The van der Waals surface area contributed by atoms with Gasteiger partial charge in [0.2, 0.25) is 15.9 Å². The van der Waals surface area contributed by atoms with Crippen molar-refractivity contribution in [2.75, 3.05) is 25.6 Å². The first-order chi connectivity index (χ1) is 13.3. The quantitative estimate of drug-likeness (QED) is 0.771. The first-order valence-corrected chi connectivity index (χ1v) is 11.0. The number of nitrogens with one attached hydrogen (secondary N) is 1. The van der Waals surface area contributed by atoms with Gasteiger partial charge >= 0.3 is 0 Å². The number of carbonyl (C=O) groups is 1. The van der Waals surface area contributed by atoms with E-state index in [0.717, 1.165) is 18.5 Å². The first kappa shape index (κ1) is 20.7. The maximum absolute atomic E-state index is 13.5. The van der Waals surface area contributed by atoms with Gasteiger partial charge in [-0.15, -0.1) is 0 Å². The van der Waals surface area contributed by atoms with E-state index in [1.807, 2.05) is 42.1 Å². The average Bonchev–Trinajstić information content (AvgIpc) is 3.02. The number of aromatic nitrogens is 1. The normalized spacial score (nSPS) is 18.0. The minimum atomic E-state index is -3.90. The van der Waals surface area contributed by atoms with Crippen LogP contribution >= 0.6 is 11.6 Å². The third-order valence-corrected chi connectivity index (χ3v) is 6.95. The summed E-state index contributed by atoms with van der Waals surface area (Å²) in [4.78, 5) is 12.8. The fourth-order valence-electron chi connectivity index (χ4n) is 3.39. The second-order valence-corrected chi connectivity index (χ2v) is 9.33. The zero-order valence-corrected chi connectivity index (χ0v) is 17.6. The molecule has 0 bridgehead atoms. The Morgan fingerprint density at radius 2 is 1.89 bits per heavy atom. The van der Waals surface area contributed by atoms with Gasteiger partial charge in [0.1, 0.15) is 6.04 Å². The highest BCUT2D eigenvalue weighted by atomic mass is 35.5. The molecule has 2 heterocycles. The summed E-state index contributed by atoms with van der Waals surface area (Å²) in [5, 5.41) is 5.16. The molecule has 0 saturated carbocycles. The molecule has 1 aliphatic rings. The van der Waals surface area contributed by atoms with E-state index in [1.54, 1.807) is 12.1 Å². The van der Waals surface area contributed by atoms with Crippen LogP contribution < -0.4 is 10.3 Å². The summed E-state index contributed by atoms with van der Waals surface area (Å²) in [5.74, 6) is -0.252. The highest BCUT2D eigenvalue weighted by Crippen LogP contribution is 2.26. The number of benzene rings is 1. The van der Waals surface area contributed by atoms with Crippen LogP contribution in [0.5, 0.6) is 0 Å². The molecule has 28 heavy (non-hydrogen) atoms. The summed E-state index contributed by atoms with van der Waals surface area (Å²) in [5.41, 5.74) is 0.777. The molecule has 9 heteroatoms. The van der Waals surface area contributed by atoms with Gasteiger partial charge in [-0.3, -0.25) is 9.47 Å². The Bertz CT molecular complexity index is 925. The summed E-state index contributed by atoms with van der Waals surface area (Å²) in [7, 11) is -0.153. The molecule has 1 aromatic heterocycles. The van der Waals surface area contributed by atoms with Crippen LogP contribution in [0, 0.1) is 0 Å². The number of rotatable bonds is 6. The van der Waals surface area contributed by atoms with Crippen LogP contribution in [0.25, 0.3) is 0 Å².